The number of ether oxygens (including phenoxy) is 1. The van der Waals surface area contributed by atoms with Crippen molar-refractivity contribution in [2.24, 2.45) is 0 Å². The molecule has 1 amide bonds. The first-order chi connectivity index (χ1) is 9.79. The molecule has 4 heteroatoms. The summed E-state index contributed by atoms with van der Waals surface area (Å²) < 4.78 is 5.56. The van der Waals surface area contributed by atoms with Crippen LogP contribution in [-0.4, -0.2) is 12.5 Å². The Bertz CT molecular complexity index is 540. The van der Waals surface area contributed by atoms with Crippen molar-refractivity contribution in [1.29, 1.82) is 0 Å². The van der Waals surface area contributed by atoms with Gasteiger partial charge in [-0.25, -0.2) is 0 Å². The number of unbranched alkanes of at least 4 members (excludes halogenated alkanes) is 1. The number of amides is 1. The smallest absolute Gasteiger partial charge is 0.253 e. The third kappa shape index (κ3) is 5.72. The minimum atomic E-state index is -0.146. The summed E-state index contributed by atoms with van der Waals surface area (Å²) in [6, 6.07) is 17.4. The van der Waals surface area contributed by atoms with Gasteiger partial charge in [-0.2, -0.15) is 24.3 Å². The summed E-state index contributed by atoms with van der Waals surface area (Å²) in [5.74, 6) is 0.647. The summed E-state index contributed by atoms with van der Waals surface area (Å²) in [4.78, 5) is 12.0. The summed E-state index contributed by atoms with van der Waals surface area (Å²) in [6.45, 7) is 2.83. The predicted molar refractivity (Wildman–Crippen MR) is 80.1 cm³/mol. The van der Waals surface area contributed by atoms with Gasteiger partial charge in [0.05, 0.1) is 6.61 Å². The third-order valence-electron chi connectivity index (χ3n) is 2.84. The zero-order chi connectivity index (χ0) is 14.2. The van der Waals surface area contributed by atoms with Crippen molar-refractivity contribution in [3.8, 4) is 5.75 Å². The van der Waals surface area contributed by atoms with Gasteiger partial charge in [0.1, 0.15) is 5.75 Å². The van der Waals surface area contributed by atoms with E-state index < -0.39 is 0 Å². The number of carbonyl (C=O) groups excluding carboxylic acids is 1. The van der Waals surface area contributed by atoms with Gasteiger partial charge in [-0.3, -0.25) is 4.79 Å². The van der Waals surface area contributed by atoms with E-state index >= 15 is 0 Å². The zero-order valence-corrected chi connectivity index (χ0v) is 14.9. The molecule has 0 aromatic heterocycles. The molecule has 0 aliphatic rings. The zero-order valence-electron chi connectivity index (χ0n) is 12.0. The van der Waals surface area contributed by atoms with Gasteiger partial charge in [-0.05, 0) is 30.7 Å². The first kappa shape index (κ1) is 17.4. The van der Waals surface area contributed by atoms with Crippen molar-refractivity contribution in [3.05, 3.63) is 60.2 Å². The van der Waals surface area contributed by atoms with Crippen LogP contribution < -0.4 is 10.1 Å². The minimum Gasteiger partial charge on any atom is -0.494 e. The number of carbonyl (C=O) groups is 1. The van der Waals surface area contributed by atoms with Crippen LogP contribution in [0.4, 0.5) is 5.69 Å². The van der Waals surface area contributed by atoms with Crippen LogP contribution in [0.1, 0.15) is 30.1 Å². The molecule has 3 nitrogen and oxygen atoms in total. The molecule has 2 rings (SSSR count). The van der Waals surface area contributed by atoms with E-state index in [2.05, 4.69) is 18.3 Å². The molecule has 0 aliphatic carbocycles. The first-order valence-corrected chi connectivity index (χ1v) is 6.80. The molecule has 0 aliphatic heterocycles. The molecule has 1 N–H and O–H groups in total. The topological polar surface area (TPSA) is 38.3 Å². The summed E-state index contributed by atoms with van der Waals surface area (Å²) in [5, 5.41) is 2.79. The Balaban J connectivity index is 0.00000220. The van der Waals surface area contributed by atoms with Crippen LogP contribution in [0.3, 0.4) is 0 Å². The van der Waals surface area contributed by atoms with E-state index in [-0.39, 0.29) is 27.0 Å². The number of rotatable bonds is 6. The molecule has 0 radical (unpaired) electrons. The van der Waals surface area contributed by atoms with E-state index in [9.17, 15) is 4.79 Å². The Morgan fingerprint density at radius 2 is 1.95 bits per heavy atom. The Morgan fingerprint density at radius 1 is 1.19 bits per heavy atom. The fraction of sp³-hybridized carbons (Fsp3) is 0.235. The van der Waals surface area contributed by atoms with Gasteiger partial charge < -0.3 is 10.1 Å². The van der Waals surface area contributed by atoms with Crippen molar-refractivity contribution < 1.29 is 30.6 Å². The average Bonchev–Trinajstić information content (AvgIpc) is 2.49. The number of anilines is 1. The summed E-state index contributed by atoms with van der Waals surface area (Å²) in [6.07, 6.45) is 2.14. The van der Waals surface area contributed by atoms with Gasteiger partial charge in [0.25, 0.3) is 5.91 Å². The third-order valence-corrected chi connectivity index (χ3v) is 2.84. The second-order valence-corrected chi connectivity index (χ2v) is 4.46. The van der Waals surface area contributed by atoms with E-state index in [1.165, 1.54) is 0 Å². The van der Waals surface area contributed by atoms with E-state index in [1.54, 1.807) is 24.3 Å². The van der Waals surface area contributed by atoms with Gasteiger partial charge in [-0.1, -0.05) is 19.0 Å². The number of hydrogen-bond acceptors (Lipinski definition) is 2. The van der Waals surface area contributed by atoms with E-state index in [1.807, 2.05) is 24.3 Å². The van der Waals surface area contributed by atoms with Gasteiger partial charge >= 0.3 is 0 Å². The number of para-hydroxylation sites is 1. The molecule has 2 aromatic carbocycles. The Hall–Kier alpha value is -1.60. The SMILES string of the molecule is CCCCOc1ccc(C(=O)Nc2[c-]cccc2)cc1.[W]. The molecule has 0 atom stereocenters. The maximum atomic E-state index is 12.0. The molecule has 0 fully saturated rings. The molecule has 0 heterocycles. The van der Waals surface area contributed by atoms with Crippen LogP contribution in [0, 0.1) is 6.07 Å². The fourth-order valence-electron chi connectivity index (χ4n) is 1.70. The summed E-state index contributed by atoms with van der Waals surface area (Å²) >= 11 is 0. The number of nitrogens with one attached hydrogen (secondary N) is 1. The van der Waals surface area contributed by atoms with Crippen molar-refractivity contribution >= 4 is 11.6 Å². The van der Waals surface area contributed by atoms with Crippen LogP contribution in [-0.2, 0) is 21.1 Å². The van der Waals surface area contributed by atoms with Crippen molar-refractivity contribution in [2.75, 3.05) is 11.9 Å². The minimum absolute atomic E-state index is 0. The molecule has 0 bridgehead atoms. The Morgan fingerprint density at radius 3 is 2.57 bits per heavy atom. The predicted octanol–water partition coefficient (Wildman–Crippen LogP) is 3.92. The second kappa shape index (κ2) is 9.36. The van der Waals surface area contributed by atoms with Crippen LogP contribution in [0.25, 0.3) is 0 Å². The first-order valence-electron chi connectivity index (χ1n) is 6.80. The quantitative estimate of drug-likeness (QED) is 0.534. The van der Waals surface area contributed by atoms with E-state index in [0.29, 0.717) is 17.9 Å². The normalized spacial score (nSPS) is 9.57. The molecular formula is C17H18NO2W-. The Labute approximate surface area is 140 Å². The average molecular weight is 452 g/mol. The van der Waals surface area contributed by atoms with Crippen LogP contribution in [0.2, 0.25) is 0 Å². The molecule has 2 aromatic rings. The standard InChI is InChI=1S/C17H18NO2.W/c1-2-3-13-20-16-11-9-14(10-12-16)17(19)18-15-7-5-4-6-8-15;/h4-7,9-12H,2-3,13H2,1H3,(H,18,19);/q-1;. The molecular weight excluding hydrogens is 434 g/mol. The summed E-state index contributed by atoms with van der Waals surface area (Å²) in [5.41, 5.74) is 1.27. The molecule has 0 unspecified atom stereocenters. The maximum Gasteiger partial charge on any atom is 0.253 e. The summed E-state index contributed by atoms with van der Waals surface area (Å²) in [7, 11) is 0. The second-order valence-electron chi connectivity index (χ2n) is 4.46. The van der Waals surface area contributed by atoms with Gasteiger partial charge in [0.2, 0.25) is 0 Å². The molecule has 21 heavy (non-hydrogen) atoms. The van der Waals surface area contributed by atoms with Crippen LogP contribution in [0.15, 0.2) is 48.5 Å². The molecule has 0 saturated carbocycles. The van der Waals surface area contributed by atoms with Gasteiger partial charge in [0.15, 0.2) is 0 Å². The van der Waals surface area contributed by atoms with Crippen molar-refractivity contribution in [1.82, 2.24) is 0 Å². The fourth-order valence-corrected chi connectivity index (χ4v) is 1.70. The maximum absolute atomic E-state index is 12.0. The number of hydrogen-bond donors (Lipinski definition) is 1. The van der Waals surface area contributed by atoms with Crippen molar-refractivity contribution in [3.63, 3.8) is 0 Å². The molecule has 110 valence electrons. The van der Waals surface area contributed by atoms with Gasteiger partial charge in [-0.15, -0.1) is 6.07 Å². The monoisotopic (exact) mass is 452 g/mol. The van der Waals surface area contributed by atoms with Crippen LogP contribution >= 0.6 is 0 Å². The van der Waals surface area contributed by atoms with Crippen LogP contribution in [0.5, 0.6) is 5.75 Å². The number of benzene rings is 2. The molecule has 0 spiro atoms. The largest absolute Gasteiger partial charge is 0.494 e. The van der Waals surface area contributed by atoms with Crippen molar-refractivity contribution in [2.45, 2.75) is 19.8 Å². The van der Waals surface area contributed by atoms with Gasteiger partial charge in [0, 0.05) is 26.6 Å². The molecule has 0 saturated heterocycles. The Kier molecular flexibility index (Phi) is 7.77. The van der Waals surface area contributed by atoms with E-state index in [0.717, 1.165) is 18.6 Å². The van der Waals surface area contributed by atoms with E-state index in [4.69, 9.17) is 4.74 Å².